The third-order valence-electron chi connectivity index (χ3n) is 4.04. The van der Waals surface area contributed by atoms with E-state index in [1.54, 1.807) is 43.7 Å². The van der Waals surface area contributed by atoms with Crippen molar-refractivity contribution in [1.82, 2.24) is 4.98 Å². The van der Waals surface area contributed by atoms with Gasteiger partial charge in [0.2, 0.25) is 5.89 Å². The van der Waals surface area contributed by atoms with Gasteiger partial charge in [0.1, 0.15) is 17.0 Å². The summed E-state index contributed by atoms with van der Waals surface area (Å²) in [5, 5.41) is 10.9. The number of ether oxygens (including phenoxy) is 1. The quantitative estimate of drug-likeness (QED) is 0.468. The van der Waals surface area contributed by atoms with Gasteiger partial charge in [-0.15, -0.1) is 0 Å². The molecule has 0 spiro atoms. The number of aromatic hydroxyl groups is 1. The number of fused-ring (bicyclic) bond motifs is 1. The standard InChI is InChI=1S/C21H15ClN2O3/c1-26-19-9-6-13(10-16(19)22)12-23-14-7-8-15(18(25)11-14)21-24-17-4-2-3-5-20(17)27-21/h2-12,25H,1H3. The second kappa shape index (κ2) is 7.13. The number of benzene rings is 3. The molecule has 1 N–H and O–H groups in total. The number of aliphatic imine (C=N–C) groups is 1. The molecule has 0 saturated carbocycles. The van der Waals surface area contributed by atoms with E-state index in [0.717, 1.165) is 11.1 Å². The van der Waals surface area contributed by atoms with Crippen molar-refractivity contribution in [2.45, 2.75) is 0 Å². The van der Waals surface area contributed by atoms with Gasteiger partial charge in [0.05, 0.1) is 23.4 Å². The molecular formula is C21H15ClN2O3. The molecule has 4 aromatic rings. The second-order valence-corrected chi connectivity index (χ2v) is 6.25. The van der Waals surface area contributed by atoms with Crippen LogP contribution in [-0.2, 0) is 0 Å². The number of aromatic nitrogens is 1. The van der Waals surface area contributed by atoms with Crippen molar-refractivity contribution in [3.05, 3.63) is 71.2 Å². The summed E-state index contributed by atoms with van der Waals surface area (Å²) in [4.78, 5) is 8.78. The number of rotatable bonds is 4. The van der Waals surface area contributed by atoms with Gasteiger partial charge >= 0.3 is 0 Å². The molecule has 0 atom stereocenters. The Labute approximate surface area is 160 Å². The maximum Gasteiger partial charge on any atom is 0.231 e. The molecule has 27 heavy (non-hydrogen) atoms. The topological polar surface area (TPSA) is 67.9 Å². The summed E-state index contributed by atoms with van der Waals surface area (Å²) in [6, 6.07) is 17.9. The molecule has 0 saturated heterocycles. The molecule has 0 unspecified atom stereocenters. The van der Waals surface area contributed by atoms with E-state index in [2.05, 4.69) is 9.98 Å². The smallest absolute Gasteiger partial charge is 0.231 e. The molecule has 4 rings (SSSR count). The van der Waals surface area contributed by atoms with Crippen molar-refractivity contribution in [3.63, 3.8) is 0 Å². The summed E-state index contributed by atoms with van der Waals surface area (Å²) in [5.74, 6) is 1.02. The van der Waals surface area contributed by atoms with Crippen molar-refractivity contribution in [1.29, 1.82) is 0 Å². The van der Waals surface area contributed by atoms with Gasteiger partial charge in [-0.3, -0.25) is 4.99 Å². The number of phenolic OH excluding ortho intramolecular Hbond substituents is 1. The van der Waals surface area contributed by atoms with Crippen molar-refractivity contribution in [2.75, 3.05) is 7.11 Å². The van der Waals surface area contributed by atoms with E-state index >= 15 is 0 Å². The average Bonchev–Trinajstić information content (AvgIpc) is 3.10. The molecule has 0 bridgehead atoms. The van der Waals surface area contributed by atoms with E-state index in [4.69, 9.17) is 20.8 Å². The second-order valence-electron chi connectivity index (χ2n) is 5.84. The molecule has 0 amide bonds. The summed E-state index contributed by atoms with van der Waals surface area (Å²) in [6.45, 7) is 0. The number of hydrogen-bond donors (Lipinski definition) is 1. The Hall–Kier alpha value is -3.31. The van der Waals surface area contributed by atoms with Crippen molar-refractivity contribution in [2.24, 2.45) is 4.99 Å². The first-order valence-corrected chi connectivity index (χ1v) is 8.58. The molecule has 0 aliphatic carbocycles. The molecule has 0 aliphatic heterocycles. The van der Waals surface area contributed by atoms with Crippen LogP contribution in [0.2, 0.25) is 5.02 Å². The minimum atomic E-state index is 0.0453. The average molecular weight is 379 g/mol. The fraction of sp³-hybridized carbons (Fsp3) is 0.0476. The van der Waals surface area contributed by atoms with Crippen LogP contribution in [0.1, 0.15) is 5.56 Å². The number of para-hydroxylation sites is 2. The van der Waals surface area contributed by atoms with Crippen molar-refractivity contribution in [3.8, 4) is 23.0 Å². The summed E-state index contributed by atoms with van der Waals surface area (Å²) in [5.41, 5.74) is 3.34. The monoisotopic (exact) mass is 378 g/mol. The highest BCUT2D eigenvalue weighted by molar-refractivity contribution is 6.32. The maximum absolute atomic E-state index is 10.4. The summed E-state index contributed by atoms with van der Waals surface area (Å²) in [7, 11) is 1.57. The molecular weight excluding hydrogens is 364 g/mol. The molecule has 6 heteroatoms. The summed E-state index contributed by atoms with van der Waals surface area (Å²) >= 11 is 6.11. The first-order chi connectivity index (χ1) is 13.1. The van der Waals surface area contributed by atoms with Crippen LogP contribution in [0.15, 0.2) is 70.1 Å². The molecule has 134 valence electrons. The number of oxazole rings is 1. The van der Waals surface area contributed by atoms with E-state index in [0.29, 0.717) is 33.5 Å². The zero-order chi connectivity index (χ0) is 18.8. The van der Waals surface area contributed by atoms with Crippen LogP contribution in [0.3, 0.4) is 0 Å². The predicted molar refractivity (Wildman–Crippen MR) is 106 cm³/mol. The Balaban J connectivity index is 1.60. The first kappa shape index (κ1) is 17.1. The van der Waals surface area contributed by atoms with Gasteiger partial charge in [-0.25, -0.2) is 4.98 Å². The van der Waals surface area contributed by atoms with Gasteiger partial charge < -0.3 is 14.3 Å². The Morgan fingerprint density at radius 1 is 1.11 bits per heavy atom. The van der Waals surface area contributed by atoms with Gasteiger partial charge in [0, 0.05) is 12.3 Å². The normalized spacial score (nSPS) is 11.3. The van der Waals surface area contributed by atoms with Gasteiger partial charge in [-0.05, 0) is 48.0 Å². The van der Waals surface area contributed by atoms with Crippen LogP contribution >= 0.6 is 11.6 Å². The first-order valence-electron chi connectivity index (χ1n) is 8.20. The molecule has 0 aliphatic rings. The highest BCUT2D eigenvalue weighted by Crippen LogP contribution is 2.34. The van der Waals surface area contributed by atoms with Gasteiger partial charge in [0.25, 0.3) is 0 Å². The summed E-state index contributed by atoms with van der Waals surface area (Å²) < 4.78 is 10.8. The minimum absolute atomic E-state index is 0.0453. The zero-order valence-electron chi connectivity index (χ0n) is 14.4. The van der Waals surface area contributed by atoms with Crippen LogP contribution in [-0.4, -0.2) is 23.4 Å². The lowest BCUT2D eigenvalue weighted by atomic mass is 10.2. The van der Waals surface area contributed by atoms with Crippen LogP contribution in [0.5, 0.6) is 11.5 Å². The number of halogens is 1. The third-order valence-corrected chi connectivity index (χ3v) is 4.34. The maximum atomic E-state index is 10.4. The zero-order valence-corrected chi connectivity index (χ0v) is 15.1. The lowest BCUT2D eigenvalue weighted by Crippen LogP contribution is -1.86. The van der Waals surface area contributed by atoms with Crippen LogP contribution in [0.25, 0.3) is 22.6 Å². The summed E-state index contributed by atoms with van der Waals surface area (Å²) in [6.07, 6.45) is 1.67. The van der Waals surface area contributed by atoms with Crippen molar-refractivity contribution >= 4 is 34.6 Å². The molecule has 5 nitrogen and oxygen atoms in total. The molecule has 1 aromatic heterocycles. The van der Waals surface area contributed by atoms with Crippen molar-refractivity contribution < 1.29 is 14.3 Å². The molecule has 1 heterocycles. The number of hydrogen-bond acceptors (Lipinski definition) is 5. The SMILES string of the molecule is COc1ccc(C=Nc2ccc(-c3nc4ccccc4o3)c(O)c2)cc1Cl. The highest BCUT2D eigenvalue weighted by atomic mass is 35.5. The lowest BCUT2D eigenvalue weighted by Gasteiger charge is -2.03. The Morgan fingerprint density at radius 2 is 1.96 bits per heavy atom. The van der Waals surface area contributed by atoms with E-state index in [-0.39, 0.29) is 5.75 Å². The Morgan fingerprint density at radius 3 is 2.70 bits per heavy atom. The lowest BCUT2D eigenvalue weighted by molar-refractivity contribution is 0.415. The Kier molecular flexibility index (Phi) is 4.52. The largest absolute Gasteiger partial charge is 0.507 e. The fourth-order valence-electron chi connectivity index (χ4n) is 2.68. The molecule has 0 radical (unpaired) electrons. The molecule has 0 fully saturated rings. The number of phenols is 1. The van der Waals surface area contributed by atoms with E-state index in [1.807, 2.05) is 30.3 Å². The fourth-order valence-corrected chi connectivity index (χ4v) is 2.95. The van der Waals surface area contributed by atoms with E-state index in [9.17, 15) is 5.11 Å². The number of methoxy groups -OCH3 is 1. The van der Waals surface area contributed by atoms with E-state index in [1.165, 1.54) is 0 Å². The number of nitrogens with zero attached hydrogens (tertiary/aromatic N) is 2. The van der Waals surface area contributed by atoms with Gasteiger partial charge in [-0.2, -0.15) is 0 Å². The van der Waals surface area contributed by atoms with Gasteiger partial charge in [0.15, 0.2) is 5.58 Å². The predicted octanol–water partition coefficient (Wildman–Crippen LogP) is 5.61. The molecule has 3 aromatic carbocycles. The Bertz CT molecular complexity index is 1120. The van der Waals surface area contributed by atoms with Crippen LogP contribution in [0, 0.1) is 0 Å². The van der Waals surface area contributed by atoms with Crippen LogP contribution in [0.4, 0.5) is 5.69 Å². The third kappa shape index (κ3) is 3.50. The van der Waals surface area contributed by atoms with Gasteiger partial charge in [-0.1, -0.05) is 23.7 Å². The highest BCUT2D eigenvalue weighted by Gasteiger charge is 2.12. The van der Waals surface area contributed by atoms with Crippen LogP contribution < -0.4 is 4.74 Å². The minimum Gasteiger partial charge on any atom is -0.507 e. The van der Waals surface area contributed by atoms with E-state index < -0.39 is 0 Å².